The van der Waals surface area contributed by atoms with E-state index >= 15 is 0 Å². The molecular weight excluding hydrogens is 773 g/mol. The van der Waals surface area contributed by atoms with Crippen molar-refractivity contribution in [1.82, 2.24) is 30.0 Å². The second-order valence-corrected chi connectivity index (χ2v) is 19.1. The molecule has 4 aromatic rings. The molecule has 338 valence electrons. The Kier molecular flexibility index (Phi) is 24.5. The van der Waals surface area contributed by atoms with Gasteiger partial charge in [0, 0.05) is 75.6 Å². The highest BCUT2D eigenvalue weighted by Gasteiger charge is 2.15. The van der Waals surface area contributed by atoms with Gasteiger partial charge in [0.05, 0.1) is 62.6 Å². The Bertz CT molecular complexity index is 1600. The lowest BCUT2D eigenvalue weighted by Crippen LogP contribution is -2.38. The van der Waals surface area contributed by atoms with Crippen molar-refractivity contribution in [1.29, 1.82) is 0 Å². The highest BCUT2D eigenvalue weighted by Crippen LogP contribution is 2.21. The zero-order valence-corrected chi connectivity index (χ0v) is 40.2. The zero-order valence-electron chi connectivity index (χ0n) is 39.4. The molecule has 0 saturated carbocycles. The van der Waals surface area contributed by atoms with E-state index in [4.69, 9.17) is 23.3 Å². The van der Waals surface area contributed by atoms with E-state index in [9.17, 15) is 0 Å². The molecular formula is C48H80N6O5S. The van der Waals surface area contributed by atoms with Gasteiger partial charge in [-0.05, 0) is 61.0 Å². The maximum absolute atomic E-state index is 5.36. The standard InChI is InChI=1S/C15H23NO.C11H18N2O2.C8H17NO.C7H11NO.C7H11NS/c1-13(2)11-14-3-5-15(6-4-14)12-16-7-9-17-10-8-16;1-9(2)11-7-10(15-12-11)8-13-3-5-14-6-4-13;1-8(2)7-9-3-5-10-6-4-9;1-5(2)7-4-6(3)9-8-7;1-5(2)7-4-8-6(3)9-7/h3-6,13H,7-12H2,1-2H3;7,9H,3-6,8H2,1-2H3;8H,3-7H2,1-2H3;2*4-5H,1-3H3. The minimum atomic E-state index is 0.437. The van der Waals surface area contributed by atoms with Crippen LogP contribution in [0.5, 0.6) is 0 Å². The van der Waals surface area contributed by atoms with E-state index in [-0.39, 0.29) is 0 Å². The van der Waals surface area contributed by atoms with Crippen molar-refractivity contribution in [2.75, 3.05) is 85.5 Å². The first kappa shape index (κ1) is 51.4. The lowest BCUT2D eigenvalue weighted by Gasteiger charge is -2.27. The summed E-state index contributed by atoms with van der Waals surface area (Å²) < 4.78 is 26.1. The topological polar surface area (TPSA) is 102 Å². The molecule has 0 amide bonds. The minimum absolute atomic E-state index is 0.437. The quantitative estimate of drug-likeness (QED) is 0.144. The Morgan fingerprint density at radius 3 is 1.43 bits per heavy atom. The second-order valence-electron chi connectivity index (χ2n) is 17.8. The van der Waals surface area contributed by atoms with Crippen molar-refractivity contribution in [3.05, 3.63) is 86.5 Å². The lowest BCUT2D eigenvalue weighted by molar-refractivity contribution is 0.0305. The van der Waals surface area contributed by atoms with Gasteiger partial charge in [0.25, 0.3) is 0 Å². The monoisotopic (exact) mass is 853 g/mol. The number of morpholine rings is 3. The Balaban J connectivity index is 0.000000206. The lowest BCUT2D eigenvalue weighted by atomic mass is 10.0. The van der Waals surface area contributed by atoms with Gasteiger partial charge in [-0.2, -0.15) is 0 Å². The maximum Gasteiger partial charge on any atom is 0.150 e. The number of benzene rings is 1. The molecule has 0 aliphatic carbocycles. The van der Waals surface area contributed by atoms with Crippen LogP contribution in [0.25, 0.3) is 0 Å². The number of aromatic nitrogens is 3. The highest BCUT2D eigenvalue weighted by atomic mass is 32.1. The summed E-state index contributed by atoms with van der Waals surface area (Å²) in [6, 6.07) is 13.1. The Hall–Kier alpha value is -2.97. The summed E-state index contributed by atoms with van der Waals surface area (Å²) >= 11 is 1.78. The van der Waals surface area contributed by atoms with Crippen LogP contribution in [-0.4, -0.2) is 115 Å². The number of hydrogen-bond acceptors (Lipinski definition) is 12. The summed E-state index contributed by atoms with van der Waals surface area (Å²) in [6.45, 7) is 40.5. The van der Waals surface area contributed by atoms with Gasteiger partial charge in [0.1, 0.15) is 5.76 Å². The number of aryl methyl sites for hydroxylation is 2. The molecule has 0 atom stereocenters. The van der Waals surface area contributed by atoms with Crippen molar-refractivity contribution in [2.45, 2.75) is 120 Å². The van der Waals surface area contributed by atoms with Gasteiger partial charge in [-0.1, -0.05) is 104 Å². The third kappa shape index (κ3) is 21.7. The normalized spacial score (nSPS) is 16.5. The third-order valence-corrected chi connectivity index (χ3v) is 11.2. The molecule has 0 N–H and O–H groups in total. The zero-order chi connectivity index (χ0) is 43.9. The Morgan fingerprint density at radius 1 is 0.567 bits per heavy atom. The molecule has 3 aliphatic heterocycles. The molecule has 3 aliphatic rings. The van der Waals surface area contributed by atoms with Crippen LogP contribution in [0.4, 0.5) is 0 Å². The van der Waals surface area contributed by atoms with Gasteiger partial charge in [-0.25, -0.2) is 4.98 Å². The molecule has 12 heteroatoms. The molecule has 1 aromatic carbocycles. The average Bonchev–Trinajstić information content (AvgIpc) is 3.99. The van der Waals surface area contributed by atoms with Crippen LogP contribution < -0.4 is 0 Å². The first-order valence-corrected chi connectivity index (χ1v) is 23.3. The second kappa shape index (κ2) is 28.6. The van der Waals surface area contributed by atoms with E-state index in [1.807, 2.05) is 26.1 Å². The fourth-order valence-corrected chi connectivity index (χ4v) is 7.32. The molecule has 0 radical (unpaired) electrons. The molecule has 0 bridgehead atoms. The number of nitrogens with zero attached hydrogens (tertiary/aromatic N) is 6. The van der Waals surface area contributed by atoms with Crippen LogP contribution in [0, 0.1) is 25.7 Å². The first-order chi connectivity index (χ1) is 28.7. The summed E-state index contributed by atoms with van der Waals surface area (Å²) in [5.74, 6) is 4.92. The smallest absolute Gasteiger partial charge is 0.150 e. The van der Waals surface area contributed by atoms with Gasteiger partial charge in [-0.3, -0.25) is 14.7 Å². The largest absolute Gasteiger partial charge is 0.379 e. The molecule has 0 spiro atoms. The molecule has 7 rings (SSSR count). The van der Waals surface area contributed by atoms with Gasteiger partial charge in [-0.15, -0.1) is 11.3 Å². The van der Waals surface area contributed by atoms with Crippen LogP contribution in [0.3, 0.4) is 0 Å². The van der Waals surface area contributed by atoms with Crippen molar-refractivity contribution in [2.24, 2.45) is 11.8 Å². The van der Waals surface area contributed by atoms with Crippen molar-refractivity contribution in [3.63, 3.8) is 0 Å². The first-order valence-electron chi connectivity index (χ1n) is 22.5. The minimum Gasteiger partial charge on any atom is -0.379 e. The van der Waals surface area contributed by atoms with Crippen molar-refractivity contribution in [3.8, 4) is 0 Å². The summed E-state index contributed by atoms with van der Waals surface area (Å²) in [7, 11) is 0. The fraction of sp³-hybridized carbons (Fsp3) is 0.688. The Morgan fingerprint density at radius 2 is 1.05 bits per heavy atom. The average molecular weight is 853 g/mol. The van der Waals surface area contributed by atoms with Gasteiger partial charge < -0.3 is 23.3 Å². The molecule has 3 saturated heterocycles. The van der Waals surface area contributed by atoms with E-state index in [0.717, 1.165) is 127 Å². The number of ether oxygens (including phenoxy) is 3. The SMILES string of the molecule is CC(C)CN1CCOCC1.CC(C)Cc1ccc(CN2CCOCC2)cc1.CC(C)c1cc(CN2CCOCC2)on1.Cc1cc(C(C)C)no1.Cc1ncc(C(C)C)s1. The van der Waals surface area contributed by atoms with E-state index in [2.05, 4.69) is 130 Å². The third-order valence-electron chi connectivity index (χ3n) is 10.0. The predicted octanol–water partition coefficient (Wildman–Crippen LogP) is 10.0. The molecule has 60 heavy (non-hydrogen) atoms. The molecule has 11 nitrogen and oxygen atoms in total. The van der Waals surface area contributed by atoms with Crippen LogP contribution in [0.15, 0.2) is 51.6 Å². The predicted molar refractivity (Wildman–Crippen MR) is 246 cm³/mol. The fourth-order valence-electron chi connectivity index (χ4n) is 6.53. The van der Waals surface area contributed by atoms with Gasteiger partial charge in [0.15, 0.2) is 5.76 Å². The summed E-state index contributed by atoms with van der Waals surface area (Å²) in [4.78, 5) is 12.8. The van der Waals surface area contributed by atoms with Crippen LogP contribution in [0.1, 0.15) is 131 Å². The van der Waals surface area contributed by atoms with Crippen molar-refractivity contribution < 1.29 is 23.3 Å². The summed E-state index contributed by atoms with van der Waals surface area (Å²) in [5.41, 5.74) is 4.94. The Labute approximate surface area is 367 Å². The van der Waals surface area contributed by atoms with Gasteiger partial charge >= 0.3 is 0 Å². The van der Waals surface area contributed by atoms with Crippen LogP contribution >= 0.6 is 11.3 Å². The van der Waals surface area contributed by atoms with Crippen LogP contribution in [0.2, 0.25) is 0 Å². The number of hydrogen-bond donors (Lipinski definition) is 0. The van der Waals surface area contributed by atoms with E-state index in [0.29, 0.717) is 17.8 Å². The summed E-state index contributed by atoms with van der Waals surface area (Å²) in [5, 5.41) is 9.05. The van der Waals surface area contributed by atoms with E-state index in [1.165, 1.54) is 34.0 Å². The maximum atomic E-state index is 5.36. The highest BCUT2D eigenvalue weighted by molar-refractivity contribution is 7.11. The summed E-state index contributed by atoms with van der Waals surface area (Å²) in [6.07, 6.45) is 3.14. The number of rotatable bonds is 11. The molecule has 6 heterocycles. The van der Waals surface area contributed by atoms with E-state index in [1.54, 1.807) is 11.3 Å². The number of thiazole rings is 1. The molecule has 0 unspecified atom stereocenters. The van der Waals surface area contributed by atoms with Crippen LogP contribution in [-0.2, 0) is 33.7 Å². The van der Waals surface area contributed by atoms with E-state index < -0.39 is 0 Å². The molecule has 3 fully saturated rings. The van der Waals surface area contributed by atoms with Crippen molar-refractivity contribution >= 4 is 11.3 Å². The molecule has 3 aromatic heterocycles. The van der Waals surface area contributed by atoms with Gasteiger partial charge in [0.2, 0.25) is 0 Å².